The number of likely N-dealkylation sites (N-methyl/N-ethyl adjacent to an activating group) is 1. The van der Waals surface area contributed by atoms with Crippen molar-refractivity contribution in [2.75, 3.05) is 26.2 Å². The Morgan fingerprint density at radius 2 is 1.69 bits per heavy atom. The van der Waals surface area contributed by atoms with Crippen molar-refractivity contribution in [2.45, 2.75) is 6.61 Å². The summed E-state index contributed by atoms with van der Waals surface area (Å²) >= 11 is 0. The lowest BCUT2D eigenvalue weighted by Crippen LogP contribution is -2.20. The maximum Gasteiger partial charge on any atom is 0.387 e. The number of benzene rings is 2. The third-order valence-corrected chi connectivity index (χ3v) is 4.09. The molecule has 0 saturated heterocycles. The Kier molecular flexibility index (Phi) is 4.79. The fraction of sp³-hybridized carbons (Fsp3) is 0.211. The minimum atomic E-state index is -3.01. The molecule has 2 aromatic rings. The van der Waals surface area contributed by atoms with Crippen molar-refractivity contribution in [1.29, 1.82) is 0 Å². The molecule has 0 bridgehead atoms. The SMILES string of the molecule is COc1cc(C=C2C(=O)N(C)c3ccccc32)cc(OC)c1OC(F)F. The number of methoxy groups -OCH3 is 2. The Hall–Kier alpha value is -3.09. The van der Waals surface area contributed by atoms with Crippen LogP contribution >= 0.6 is 0 Å². The van der Waals surface area contributed by atoms with Crippen molar-refractivity contribution >= 4 is 23.2 Å². The average Bonchev–Trinajstić information content (AvgIpc) is 2.87. The summed E-state index contributed by atoms with van der Waals surface area (Å²) < 4.78 is 40.1. The van der Waals surface area contributed by atoms with Crippen LogP contribution in [-0.4, -0.2) is 33.8 Å². The first kappa shape index (κ1) is 17.7. The van der Waals surface area contributed by atoms with Gasteiger partial charge in [-0.1, -0.05) is 18.2 Å². The van der Waals surface area contributed by atoms with Crippen LogP contribution in [0.5, 0.6) is 17.2 Å². The number of carbonyl (C=O) groups is 1. The van der Waals surface area contributed by atoms with E-state index < -0.39 is 6.61 Å². The number of alkyl halides is 2. The molecule has 136 valence electrons. The minimum Gasteiger partial charge on any atom is -0.493 e. The standard InChI is InChI=1S/C19H17F2NO4/c1-22-14-7-5-4-6-12(14)13(18(22)23)8-11-9-15(24-2)17(26-19(20)21)16(10-11)25-3/h4-10,19H,1-3H3. The highest BCUT2D eigenvalue weighted by atomic mass is 19.3. The molecule has 1 aliphatic heterocycles. The molecule has 3 rings (SSSR count). The summed E-state index contributed by atoms with van der Waals surface area (Å²) in [6, 6.07) is 10.4. The molecule has 26 heavy (non-hydrogen) atoms. The number of halogens is 2. The number of carbonyl (C=O) groups excluding carboxylic acids is 1. The van der Waals surface area contributed by atoms with Crippen LogP contribution in [0.2, 0.25) is 0 Å². The van der Waals surface area contributed by atoms with E-state index in [4.69, 9.17) is 9.47 Å². The fourth-order valence-electron chi connectivity index (χ4n) is 2.89. The summed E-state index contributed by atoms with van der Waals surface area (Å²) in [6.45, 7) is -3.01. The highest BCUT2D eigenvalue weighted by Crippen LogP contribution is 2.42. The third kappa shape index (κ3) is 3.08. The predicted octanol–water partition coefficient (Wildman–Crippen LogP) is 3.82. The molecular weight excluding hydrogens is 344 g/mol. The van der Waals surface area contributed by atoms with Gasteiger partial charge in [-0.25, -0.2) is 0 Å². The Morgan fingerprint density at radius 3 is 2.27 bits per heavy atom. The zero-order valence-corrected chi connectivity index (χ0v) is 14.5. The number of nitrogens with zero attached hydrogens (tertiary/aromatic N) is 1. The van der Waals surface area contributed by atoms with Crippen LogP contribution < -0.4 is 19.1 Å². The number of anilines is 1. The number of hydrogen-bond donors (Lipinski definition) is 0. The molecule has 5 nitrogen and oxygen atoms in total. The summed E-state index contributed by atoms with van der Waals surface area (Å²) in [5, 5.41) is 0. The highest BCUT2D eigenvalue weighted by Gasteiger charge is 2.29. The summed E-state index contributed by atoms with van der Waals surface area (Å²) in [6.07, 6.45) is 1.67. The summed E-state index contributed by atoms with van der Waals surface area (Å²) in [5.41, 5.74) is 2.66. The van der Waals surface area contributed by atoms with Gasteiger partial charge in [0.05, 0.1) is 19.9 Å². The molecule has 7 heteroatoms. The van der Waals surface area contributed by atoms with Crippen LogP contribution in [0.4, 0.5) is 14.5 Å². The summed E-state index contributed by atoms with van der Waals surface area (Å²) in [4.78, 5) is 14.1. The van der Waals surface area contributed by atoms with Crippen LogP contribution in [0.15, 0.2) is 36.4 Å². The molecule has 1 aliphatic rings. The van der Waals surface area contributed by atoms with E-state index in [1.807, 2.05) is 24.3 Å². The van der Waals surface area contributed by atoms with Crippen LogP contribution in [0, 0.1) is 0 Å². The number of para-hydroxylation sites is 1. The minimum absolute atomic E-state index is 0.0867. The second kappa shape index (κ2) is 7.03. The van der Waals surface area contributed by atoms with Crippen LogP contribution in [-0.2, 0) is 4.79 Å². The van der Waals surface area contributed by atoms with Crippen LogP contribution in [0.25, 0.3) is 11.6 Å². The zero-order chi connectivity index (χ0) is 18.8. The number of ether oxygens (including phenoxy) is 3. The first-order valence-electron chi connectivity index (χ1n) is 7.76. The van der Waals surface area contributed by atoms with Gasteiger partial charge in [0.1, 0.15) is 0 Å². The third-order valence-electron chi connectivity index (χ3n) is 4.09. The summed E-state index contributed by atoms with van der Waals surface area (Å²) in [7, 11) is 4.38. The number of hydrogen-bond acceptors (Lipinski definition) is 4. The topological polar surface area (TPSA) is 48.0 Å². The lowest BCUT2D eigenvalue weighted by molar-refractivity contribution is -0.112. The Bertz CT molecular complexity index is 855. The van der Waals surface area contributed by atoms with E-state index in [1.165, 1.54) is 26.4 Å². The molecule has 0 N–H and O–H groups in total. The average molecular weight is 361 g/mol. The van der Waals surface area contributed by atoms with E-state index in [1.54, 1.807) is 18.0 Å². The van der Waals surface area contributed by atoms with Gasteiger partial charge in [-0.15, -0.1) is 0 Å². The Balaban J connectivity index is 2.11. The Morgan fingerprint density at radius 1 is 1.08 bits per heavy atom. The highest BCUT2D eigenvalue weighted by molar-refractivity contribution is 6.35. The van der Waals surface area contributed by atoms with Crippen molar-refractivity contribution in [2.24, 2.45) is 0 Å². The fourth-order valence-corrected chi connectivity index (χ4v) is 2.89. The largest absolute Gasteiger partial charge is 0.493 e. The summed E-state index contributed by atoms with van der Waals surface area (Å²) in [5.74, 6) is -0.174. The van der Waals surface area contributed by atoms with Gasteiger partial charge in [-0.3, -0.25) is 4.79 Å². The molecule has 1 amide bonds. The van der Waals surface area contributed by atoms with Gasteiger partial charge in [-0.05, 0) is 29.8 Å². The van der Waals surface area contributed by atoms with Gasteiger partial charge in [-0.2, -0.15) is 8.78 Å². The number of rotatable bonds is 5. The molecule has 1 heterocycles. The van der Waals surface area contributed by atoms with Gasteiger partial charge in [0, 0.05) is 18.2 Å². The predicted molar refractivity (Wildman–Crippen MR) is 93.9 cm³/mol. The van der Waals surface area contributed by atoms with Gasteiger partial charge < -0.3 is 19.1 Å². The normalized spacial score (nSPS) is 14.8. The second-order valence-corrected chi connectivity index (χ2v) is 5.57. The maximum atomic E-state index is 12.6. The smallest absolute Gasteiger partial charge is 0.387 e. The molecule has 2 aromatic carbocycles. The van der Waals surface area contributed by atoms with Crippen molar-refractivity contribution < 1.29 is 27.8 Å². The molecule has 0 aromatic heterocycles. The maximum absolute atomic E-state index is 12.6. The molecule has 0 radical (unpaired) electrons. The molecule has 0 saturated carbocycles. The number of fused-ring (bicyclic) bond motifs is 1. The van der Waals surface area contributed by atoms with Gasteiger partial charge in [0.2, 0.25) is 5.75 Å². The van der Waals surface area contributed by atoms with E-state index in [0.29, 0.717) is 11.1 Å². The van der Waals surface area contributed by atoms with E-state index in [-0.39, 0.29) is 23.2 Å². The van der Waals surface area contributed by atoms with Gasteiger partial charge in [0.15, 0.2) is 11.5 Å². The molecule has 0 atom stereocenters. The second-order valence-electron chi connectivity index (χ2n) is 5.57. The van der Waals surface area contributed by atoms with Crippen molar-refractivity contribution in [1.82, 2.24) is 0 Å². The van der Waals surface area contributed by atoms with E-state index in [9.17, 15) is 13.6 Å². The van der Waals surface area contributed by atoms with Crippen LogP contribution in [0.1, 0.15) is 11.1 Å². The zero-order valence-electron chi connectivity index (χ0n) is 14.5. The van der Waals surface area contributed by atoms with E-state index in [2.05, 4.69) is 4.74 Å². The molecule has 0 spiro atoms. The lowest BCUT2D eigenvalue weighted by Gasteiger charge is -2.14. The van der Waals surface area contributed by atoms with Crippen molar-refractivity contribution in [3.8, 4) is 17.2 Å². The molecule has 0 unspecified atom stereocenters. The lowest BCUT2D eigenvalue weighted by atomic mass is 10.0. The molecular formula is C19H17F2NO4. The number of amides is 1. The molecule has 0 aliphatic carbocycles. The van der Waals surface area contributed by atoms with Crippen molar-refractivity contribution in [3.63, 3.8) is 0 Å². The van der Waals surface area contributed by atoms with Gasteiger partial charge in [0.25, 0.3) is 5.91 Å². The first-order valence-corrected chi connectivity index (χ1v) is 7.76. The van der Waals surface area contributed by atoms with Gasteiger partial charge >= 0.3 is 6.61 Å². The molecule has 0 fully saturated rings. The van der Waals surface area contributed by atoms with E-state index >= 15 is 0 Å². The van der Waals surface area contributed by atoms with E-state index in [0.717, 1.165) is 11.3 Å². The quantitative estimate of drug-likeness (QED) is 0.760. The van der Waals surface area contributed by atoms with Crippen molar-refractivity contribution in [3.05, 3.63) is 47.5 Å². The first-order chi connectivity index (χ1) is 12.5. The van der Waals surface area contributed by atoms with Crippen LogP contribution in [0.3, 0.4) is 0 Å². The Labute approximate surface area is 149 Å². The monoisotopic (exact) mass is 361 g/mol.